The Bertz CT molecular complexity index is 386. The minimum atomic E-state index is -0.366. The average Bonchev–Trinajstić information content (AvgIpc) is 2.90. The summed E-state index contributed by atoms with van der Waals surface area (Å²) in [6.07, 6.45) is 7.08. The fraction of sp³-hybridized carbons (Fsp3) is 0.273. The highest BCUT2D eigenvalue weighted by Gasteiger charge is 2.44. The van der Waals surface area contributed by atoms with E-state index in [4.69, 9.17) is 18.0 Å². The Labute approximate surface area is 81.7 Å². The van der Waals surface area contributed by atoms with E-state index in [1.807, 2.05) is 0 Å². The highest BCUT2D eigenvalue weighted by Crippen LogP contribution is 2.49. The molecule has 0 saturated heterocycles. The monoisotopic (exact) mass is 194 g/mol. The summed E-state index contributed by atoms with van der Waals surface area (Å²) >= 11 is 5.66. The molecule has 0 aromatic heterocycles. The molecule has 0 nitrogen and oxygen atoms in total. The molecule has 66 valence electrons. The minimum Gasteiger partial charge on any atom is -0.205 e. The maximum atomic E-state index is 13.5. The fourth-order valence-corrected chi connectivity index (χ4v) is 1.66. The van der Waals surface area contributed by atoms with E-state index in [0.717, 1.165) is 12.8 Å². The molecule has 1 aromatic carbocycles. The van der Waals surface area contributed by atoms with Crippen LogP contribution in [0.4, 0.5) is 4.39 Å². The zero-order valence-electron chi connectivity index (χ0n) is 6.98. The molecule has 13 heavy (non-hydrogen) atoms. The molecule has 0 amide bonds. The molecule has 0 heterocycles. The molecule has 0 spiro atoms. The van der Waals surface area contributed by atoms with Gasteiger partial charge in [-0.1, -0.05) is 29.7 Å². The molecule has 1 aliphatic carbocycles. The molecule has 0 aliphatic heterocycles. The van der Waals surface area contributed by atoms with E-state index in [2.05, 4.69) is 5.92 Å². The number of halogens is 2. The van der Waals surface area contributed by atoms with E-state index in [1.165, 1.54) is 6.07 Å². The normalized spacial score (nSPS) is 17.9. The summed E-state index contributed by atoms with van der Waals surface area (Å²) in [7, 11) is 0. The van der Waals surface area contributed by atoms with Gasteiger partial charge in [-0.05, 0) is 18.9 Å². The van der Waals surface area contributed by atoms with Crippen molar-refractivity contribution in [3.63, 3.8) is 0 Å². The highest BCUT2D eigenvalue weighted by atomic mass is 35.5. The lowest BCUT2D eigenvalue weighted by atomic mass is 9.96. The largest absolute Gasteiger partial charge is 0.205 e. The van der Waals surface area contributed by atoms with Crippen molar-refractivity contribution >= 4 is 11.6 Å². The van der Waals surface area contributed by atoms with Crippen LogP contribution in [-0.4, -0.2) is 0 Å². The molecule has 1 aromatic rings. The molecule has 1 fully saturated rings. The van der Waals surface area contributed by atoms with Gasteiger partial charge in [0.05, 0.1) is 10.4 Å². The summed E-state index contributed by atoms with van der Waals surface area (Å²) < 4.78 is 13.5. The third kappa shape index (κ3) is 1.22. The zero-order chi connectivity index (χ0) is 9.47. The predicted octanol–water partition coefficient (Wildman–Crippen LogP) is 3.14. The fourth-order valence-electron chi connectivity index (χ4n) is 1.49. The van der Waals surface area contributed by atoms with Gasteiger partial charge in [-0.2, -0.15) is 0 Å². The standard InChI is InChI=1S/C11H8ClF/c1-2-11(6-7-11)8-4-3-5-9(12)10(8)13/h1,3-5H,6-7H2. The molecule has 1 saturated carbocycles. The van der Waals surface area contributed by atoms with Gasteiger partial charge in [0.15, 0.2) is 0 Å². The molecule has 1 aliphatic rings. The zero-order valence-corrected chi connectivity index (χ0v) is 7.74. The van der Waals surface area contributed by atoms with Crippen molar-refractivity contribution in [3.8, 4) is 12.3 Å². The van der Waals surface area contributed by atoms with Crippen molar-refractivity contribution in [2.45, 2.75) is 18.3 Å². The Balaban J connectivity index is 2.54. The smallest absolute Gasteiger partial charge is 0.146 e. The summed E-state index contributed by atoms with van der Waals surface area (Å²) in [5.74, 6) is 2.28. The van der Waals surface area contributed by atoms with E-state index < -0.39 is 0 Å². The van der Waals surface area contributed by atoms with E-state index in [9.17, 15) is 4.39 Å². The quantitative estimate of drug-likeness (QED) is 0.603. The SMILES string of the molecule is C#CC1(c2cccc(Cl)c2F)CC1. The van der Waals surface area contributed by atoms with Crippen LogP contribution >= 0.6 is 11.6 Å². The Hall–Kier alpha value is -1.00. The Morgan fingerprint density at radius 3 is 2.69 bits per heavy atom. The van der Waals surface area contributed by atoms with E-state index >= 15 is 0 Å². The van der Waals surface area contributed by atoms with Crippen LogP contribution in [0.2, 0.25) is 5.02 Å². The van der Waals surface area contributed by atoms with Crippen LogP contribution in [-0.2, 0) is 5.41 Å². The first-order valence-electron chi connectivity index (χ1n) is 4.12. The lowest BCUT2D eigenvalue weighted by molar-refractivity contribution is 0.601. The molecule has 2 rings (SSSR count). The highest BCUT2D eigenvalue weighted by molar-refractivity contribution is 6.30. The average molecular weight is 195 g/mol. The van der Waals surface area contributed by atoms with Gasteiger partial charge in [-0.25, -0.2) is 4.39 Å². The number of benzene rings is 1. The van der Waals surface area contributed by atoms with Gasteiger partial charge in [-0.3, -0.25) is 0 Å². The van der Waals surface area contributed by atoms with Gasteiger partial charge < -0.3 is 0 Å². The predicted molar refractivity (Wildman–Crippen MR) is 51.2 cm³/mol. The number of rotatable bonds is 1. The van der Waals surface area contributed by atoms with Crippen LogP contribution in [0.15, 0.2) is 18.2 Å². The Morgan fingerprint density at radius 2 is 2.15 bits per heavy atom. The molecule has 2 heteroatoms. The van der Waals surface area contributed by atoms with Gasteiger partial charge in [0.2, 0.25) is 0 Å². The second-order valence-electron chi connectivity index (χ2n) is 3.33. The minimum absolute atomic E-state index is 0.152. The first-order chi connectivity index (χ1) is 6.19. The molecule has 0 radical (unpaired) electrons. The summed E-state index contributed by atoms with van der Waals surface area (Å²) in [6.45, 7) is 0. The molecule has 0 N–H and O–H groups in total. The Morgan fingerprint density at radius 1 is 1.46 bits per heavy atom. The third-order valence-corrected chi connectivity index (χ3v) is 2.79. The second kappa shape index (κ2) is 2.75. The van der Waals surface area contributed by atoms with Crippen LogP contribution < -0.4 is 0 Å². The van der Waals surface area contributed by atoms with Gasteiger partial charge >= 0.3 is 0 Å². The lowest BCUT2D eigenvalue weighted by Crippen LogP contribution is -2.05. The van der Waals surface area contributed by atoms with Gasteiger partial charge in [-0.15, -0.1) is 6.42 Å². The third-order valence-electron chi connectivity index (χ3n) is 2.49. The number of hydrogen-bond acceptors (Lipinski definition) is 0. The number of terminal acetylenes is 1. The topological polar surface area (TPSA) is 0 Å². The van der Waals surface area contributed by atoms with Crippen LogP contribution in [0.1, 0.15) is 18.4 Å². The first-order valence-corrected chi connectivity index (χ1v) is 4.50. The van der Waals surface area contributed by atoms with Crippen LogP contribution in [0.3, 0.4) is 0 Å². The van der Waals surface area contributed by atoms with Crippen LogP contribution in [0, 0.1) is 18.2 Å². The van der Waals surface area contributed by atoms with Crippen molar-refractivity contribution in [3.05, 3.63) is 34.6 Å². The van der Waals surface area contributed by atoms with Crippen LogP contribution in [0.25, 0.3) is 0 Å². The second-order valence-corrected chi connectivity index (χ2v) is 3.74. The van der Waals surface area contributed by atoms with E-state index in [-0.39, 0.29) is 16.3 Å². The molecular weight excluding hydrogens is 187 g/mol. The van der Waals surface area contributed by atoms with Crippen molar-refractivity contribution < 1.29 is 4.39 Å². The maximum Gasteiger partial charge on any atom is 0.146 e. The summed E-state index contributed by atoms with van der Waals surface area (Å²) in [4.78, 5) is 0. The summed E-state index contributed by atoms with van der Waals surface area (Å²) in [6, 6.07) is 4.99. The van der Waals surface area contributed by atoms with Crippen LogP contribution in [0.5, 0.6) is 0 Å². The van der Waals surface area contributed by atoms with E-state index in [1.54, 1.807) is 12.1 Å². The maximum absolute atomic E-state index is 13.5. The number of hydrogen-bond donors (Lipinski definition) is 0. The lowest BCUT2D eigenvalue weighted by Gasteiger charge is -2.09. The molecule has 0 unspecified atom stereocenters. The summed E-state index contributed by atoms with van der Waals surface area (Å²) in [5.41, 5.74) is 0.206. The van der Waals surface area contributed by atoms with E-state index in [0.29, 0.717) is 5.56 Å². The van der Waals surface area contributed by atoms with Crippen molar-refractivity contribution in [2.24, 2.45) is 0 Å². The first kappa shape index (κ1) is 8.59. The Kier molecular flexibility index (Phi) is 1.82. The summed E-state index contributed by atoms with van der Waals surface area (Å²) in [5, 5.41) is 0.152. The van der Waals surface area contributed by atoms with Crippen molar-refractivity contribution in [1.82, 2.24) is 0 Å². The molecule has 0 bridgehead atoms. The van der Waals surface area contributed by atoms with Gasteiger partial charge in [0.25, 0.3) is 0 Å². The van der Waals surface area contributed by atoms with Crippen molar-refractivity contribution in [2.75, 3.05) is 0 Å². The van der Waals surface area contributed by atoms with Gasteiger partial charge in [0.1, 0.15) is 5.82 Å². The molecule has 0 atom stereocenters. The van der Waals surface area contributed by atoms with Gasteiger partial charge in [0, 0.05) is 5.56 Å². The van der Waals surface area contributed by atoms with Crippen molar-refractivity contribution in [1.29, 1.82) is 0 Å². The molecular formula is C11H8ClF.